The molecule has 184 valence electrons. The van der Waals surface area contributed by atoms with E-state index >= 15 is 0 Å². The van der Waals surface area contributed by atoms with Crippen LogP contribution in [-0.2, 0) is 9.59 Å². The summed E-state index contributed by atoms with van der Waals surface area (Å²) in [6.45, 7) is 6.22. The lowest BCUT2D eigenvalue weighted by Crippen LogP contribution is -2.41. The van der Waals surface area contributed by atoms with Crippen LogP contribution in [0.4, 0.5) is 0 Å². The summed E-state index contributed by atoms with van der Waals surface area (Å²) >= 11 is 0. The van der Waals surface area contributed by atoms with Crippen molar-refractivity contribution in [3.05, 3.63) is 0 Å². The number of aliphatic carboxylic acids is 1. The van der Waals surface area contributed by atoms with Crippen molar-refractivity contribution >= 4 is 11.9 Å². The number of unbranched alkanes of at least 4 members (excludes halogenated alkanes) is 17. The summed E-state index contributed by atoms with van der Waals surface area (Å²) in [6, 6.07) is -0.747. The largest absolute Gasteiger partial charge is 0.480 e. The number of nitrogens with one attached hydrogen (secondary N) is 1. The number of carbonyl (C=O) groups excluding carboxylic acids is 1. The van der Waals surface area contributed by atoms with Crippen molar-refractivity contribution in [2.75, 3.05) is 0 Å². The van der Waals surface area contributed by atoms with Crippen molar-refractivity contribution in [3.63, 3.8) is 0 Å². The fourth-order valence-corrected chi connectivity index (χ4v) is 4.15. The number of carboxylic acids is 1. The van der Waals surface area contributed by atoms with Gasteiger partial charge in [0.1, 0.15) is 6.04 Å². The van der Waals surface area contributed by atoms with Crippen molar-refractivity contribution in [2.45, 2.75) is 155 Å². The maximum Gasteiger partial charge on any atom is 0.326 e. The fourth-order valence-electron chi connectivity index (χ4n) is 4.15. The second kappa shape index (κ2) is 22.1. The van der Waals surface area contributed by atoms with E-state index in [1.807, 2.05) is 13.8 Å². The van der Waals surface area contributed by atoms with E-state index in [9.17, 15) is 14.7 Å². The summed E-state index contributed by atoms with van der Waals surface area (Å²) in [7, 11) is 0. The van der Waals surface area contributed by atoms with Crippen LogP contribution >= 0.6 is 0 Å². The van der Waals surface area contributed by atoms with Gasteiger partial charge in [0.25, 0.3) is 0 Å². The van der Waals surface area contributed by atoms with Gasteiger partial charge in [-0.05, 0) is 18.8 Å². The van der Waals surface area contributed by atoms with Gasteiger partial charge in [-0.25, -0.2) is 4.79 Å². The molecule has 0 spiro atoms. The lowest BCUT2D eigenvalue weighted by molar-refractivity contribution is -0.142. The molecule has 0 aliphatic carbocycles. The molecular formula is C27H53NO3. The van der Waals surface area contributed by atoms with Gasteiger partial charge in [-0.1, -0.05) is 130 Å². The van der Waals surface area contributed by atoms with Crippen LogP contribution in [0.3, 0.4) is 0 Å². The van der Waals surface area contributed by atoms with E-state index in [1.54, 1.807) is 0 Å². The molecule has 4 heteroatoms. The van der Waals surface area contributed by atoms with Crippen LogP contribution in [0.1, 0.15) is 149 Å². The first-order chi connectivity index (χ1) is 15.0. The third-order valence-corrected chi connectivity index (χ3v) is 6.10. The Labute approximate surface area is 193 Å². The molecule has 0 unspecified atom stereocenters. The summed E-state index contributed by atoms with van der Waals surface area (Å²) in [6.07, 6.45) is 24.8. The predicted octanol–water partition coefficient (Wildman–Crippen LogP) is 8.03. The molecule has 1 atom stereocenters. The van der Waals surface area contributed by atoms with Crippen LogP contribution in [0.15, 0.2) is 0 Å². The lowest BCUT2D eigenvalue weighted by atomic mass is 10.0. The molecule has 0 aromatic rings. The molecule has 0 aliphatic rings. The van der Waals surface area contributed by atoms with Crippen LogP contribution in [0.2, 0.25) is 0 Å². The molecule has 0 bridgehead atoms. The second-order valence-corrected chi connectivity index (χ2v) is 9.85. The molecule has 0 rings (SSSR count). The first-order valence-corrected chi connectivity index (χ1v) is 13.5. The number of carbonyl (C=O) groups is 2. The summed E-state index contributed by atoms with van der Waals surface area (Å²) < 4.78 is 0. The highest BCUT2D eigenvalue weighted by Crippen LogP contribution is 2.14. The van der Waals surface area contributed by atoms with Crippen LogP contribution in [0.5, 0.6) is 0 Å². The Kier molecular flexibility index (Phi) is 21.4. The van der Waals surface area contributed by atoms with E-state index in [4.69, 9.17) is 0 Å². The van der Waals surface area contributed by atoms with Gasteiger partial charge in [0.05, 0.1) is 0 Å². The summed E-state index contributed by atoms with van der Waals surface area (Å²) in [4.78, 5) is 23.1. The quantitative estimate of drug-likeness (QED) is 0.158. The molecule has 0 radical (unpaired) electrons. The second-order valence-electron chi connectivity index (χ2n) is 9.85. The van der Waals surface area contributed by atoms with Crippen molar-refractivity contribution in [3.8, 4) is 0 Å². The smallest absolute Gasteiger partial charge is 0.326 e. The topological polar surface area (TPSA) is 66.4 Å². The minimum atomic E-state index is -0.931. The van der Waals surface area contributed by atoms with Gasteiger partial charge < -0.3 is 10.4 Å². The minimum absolute atomic E-state index is 0.121. The Balaban J connectivity index is 3.34. The van der Waals surface area contributed by atoms with E-state index in [2.05, 4.69) is 12.2 Å². The van der Waals surface area contributed by atoms with Gasteiger partial charge in [-0.2, -0.15) is 0 Å². The van der Waals surface area contributed by atoms with Crippen molar-refractivity contribution in [2.24, 2.45) is 5.92 Å². The zero-order valence-electron chi connectivity index (χ0n) is 21.1. The molecule has 0 saturated carbocycles. The minimum Gasteiger partial charge on any atom is -0.480 e. The molecule has 31 heavy (non-hydrogen) atoms. The average Bonchev–Trinajstić information content (AvgIpc) is 2.72. The monoisotopic (exact) mass is 439 g/mol. The molecule has 0 aromatic carbocycles. The molecule has 0 aliphatic heterocycles. The van der Waals surface area contributed by atoms with Gasteiger partial charge in [0.2, 0.25) is 5.91 Å². The summed E-state index contributed by atoms with van der Waals surface area (Å²) in [5.74, 6) is -0.795. The number of amides is 1. The molecule has 0 fully saturated rings. The first kappa shape index (κ1) is 29.9. The maximum absolute atomic E-state index is 11.9. The van der Waals surface area contributed by atoms with Crippen LogP contribution in [0.25, 0.3) is 0 Å². The summed E-state index contributed by atoms with van der Waals surface area (Å²) in [5.41, 5.74) is 0. The molecule has 2 N–H and O–H groups in total. The highest BCUT2D eigenvalue weighted by atomic mass is 16.4. The first-order valence-electron chi connectivity index (χ1n) is 13.5. The van der Waals surface area contributed by atoms with E-state index in [-0.39, 0.29) is 11.8 Å². The third-order valence-electron chi connectivity index (χ3n) is 6.10. The fraction of sp³-hybridized carbons (Fsp3) is 0.926. The standard InChI is InChI=1S/C27H53NO3/c1-4-5-6-7-8-9-10-11-12-13-14-15-16-17-18-19-20-21-22-26(29)28-25(27(30)31)23-24(2)3/h24-25H,4-23H2,1-3H3,(H,28,29)(H,30,31)/t25-/m0/s1. The van der Waals surface area contributed by atoms with Crippen LogP contribution < -0.4 is 5.32 Å². The number of rotatable bonds is 23. The van der Waals surface area contributed by atoms with Gasteiger partial charge in [0.15, 0.2) is 0 Å². The Bertz CT molecular complexity index is 423. The number of hydrogen-bond donors (Lipinski definition) is 2. The normalized spacial score (nSPS) is 12.3. The number of hydrogen-bond acceptors (Lipinski definition) is 2. The van der Waals surface area contributed by atoms with E-state index < -0.39 is 12.0 Å². The Morgan fingerprint density at radius 2 is 1.00 bits per heavy atom. The van der Waals surface area contributed by atoms with Crippen molar-refractivity contribution < 1.29 is 14.7 Å². The third kappa shape index (κ3) is 21.9. The van der Waals surface area contributed by atoms with Gasteiger partial charge in [-0.15, -0.1) is 0 Å². The van der Waals surface area contributed by atoms with Crippen molar-refractivity contribution in [1.29, 1.82) is 0 Å². The van der Waals surface area contributed by atoms with Crippen LogP contribution in [0, 0.1) is 5.92 Å². The number of carboxylic acid groups (broad SMARTS) is 1. The molecule has 4 nitrogen and oxygen atoms in total. The van der Waals surface area contributed by atoms with Crippen LogP contribution in [-0.4, -0.2) is 23.0 Å². The Hall–Kier alpha value is -1.06. The summed E-state index contributed by atoms with van der Waals surface area (Å²) in [5, 5.41) is 11.8. The predicted molar refractivity (Wildman–Crippen MR) is 132 cm³/mol. The van der Waals surface area contributed by atoms with E-state index in [1.165, 1.54) is 103 Å². The zero-order chi connectivity index (χ0) is 23.2. The van der Waals surface area contributed by atoms with E-state index in [0.717, 1.165) is 12.8 Å². The molecule has 0 aromatic heterocycles. The maximum atomic E-state index is 11.9. The highest BCUT2D eigenvalue weighted by Gasteiger charge is 2.20. The van der Waals surface area contributed by atoms with E-state index in [0.29, 0.717) is 12.8 Å². The van der Waals surface area contributed by atoms with Gasteiger partial charge in [0, 0.05) is 6.42 Å². The zero-order valence-corrected chi connectivity index (χ0v) is 21.1. The molecular weight excluding hydrogens is 386 g/mol. The molecule has 1 amide bonds. The Morgan fingerprint density at radius 1 is 0.645 bits per heavy atom. The van der Waals surface area contributed by atoms with Gasteiger partial charge in [-0.3, -0.25) is 4.79 Å². The Morgan fingerprint density at radius 3 is 1.32 bits per heavy atom. The highest BCUT2D eigenvalue weighted by molar-refractivity contribution is 5.83. The molecule has 0 heterocycles. The molecule has 0 saturated heterocycles. The average molecular weight is 440 g/mol. The lowest BCUT2D eigenvalue weighted by Gasteiger charge is -2.16. The SMILES string of the molecule is CCCCCCCCCCCCCCCCCCCCC(=O)N[C@@H](CC(C)C)C(=O)O. The van der Waals surface area contributed by atoms with Crippen molar-refractivity contribution in [1.82, 2.24) is 5.32 Å². The van der Waals surface area contributed by atoms with Gasteiger partial charge >= 0.3 is 5.97 Å².